The minimum absolute atomic E-state index is 0.269. The van der Waals surface area contributed by atoms with Gasteiger partial charge in [-0.05, 0) is 12.0 Å². The van der Waals surface area contributed by atoms with E-state index in [1.165, 1.54) is 0 Å². The molecule has 0 saturated heterocycles. The van der Waals surface area contributed by atoms with Gasteiger partial charge in [0.15, 0.2) is 0 Å². The summed E-state index contributed by atoms with van der Waals surface area (Å²) >= 11 is 0. The molecule has 0 fully saturated rings. The van der Waals surface area contributed by atoms with Crippen molar-refractivity contribution in [3.63, 3.8) is 0 Å². The third-order valence-corrected chi connectivity index (χ3v) is 2.06. The number of rotatable bonds is 1. The van der Waals surface area contributed by atoms with Crippen LogP contribution in [0.5, 0.6) is 0 Å². The average molecular weight is 177 g/mol. The normalized spacial score (nSPS) is 34.2. The van der Waals surface area contributed by atoms with Gasteiger partial charge in [0.05, 0.1) is 18.1 Å². The molecule has 1 aromatic rings. The molecular weight excluding hydrogens is 164 g/mol. The molecule has 0 aromatic carbocycles. The van der Waals surface area contributed by atoms with Gasteiger partial charge in [-0.2, -0.15) is 0 Å². The first-order valence-corrected chi connectivity index (χ1v) is 4.13. The van der Waals surface area contributed by atoms with Crippen LogP contribution in [-0.4, -0.2) is 21.0 Å². The van der Waals surface area contributed by atoms with Crippen molar-refractivity contribution in [2.45, 2.75) is 13.0 Å². The number of hydrogen-bond donors (Lipinski definition) is 1. The van der Waals surface area contributed by atoms with Crippen LogP contribution in [0.3, 0.4) is 0 Å². The largest absolute Gasteiger partial charge is 0.324 e. The van der Waals surface area contributed by atoms with E-state index in [2.05, 4.69) is 10.3 Å². The van der Waals surface area contributed by atoms with Crippen LogP contribution in [0.4, 0.5) is 0 Å². The van der Waals surface area contributed by atoms with E-state index in [9.17, 15) is 0 Å². The lowest BCUT2D eigenvalue weighted by atomic mass is 9.96. The van der Waals surface area contributed by atoms with Crippen molar-refractivity contribution in [3.8, 4) is 0 Å². The van der Waals surface area contributed by atoms with E-state index in [-0.39, 0.29) is 6.04 Å². The van der Waals surface area contributed by atoms with E-state index < -0.39 is 5.89 Å². The summed E-state index contributed by atoms with van der Waals surface area (Å²) in [5.41, 5.74) is 6.60. The minimum atomic E-state index is -0.782. The fourth-order valence-corrected chi connectivity index (χ4v) is 1.22. The Bertz CT molecular complexity index is 378. The summed E-state index contributed by atoms with van der Waals surface area (Å²) in [6.07, 6.45) is 8.79. The van der Waals surface area contributed by atoms with Crippen molar-refractivity contribution in [2.75, 3.05) is 0 Å². The Morgan fingerprint density at radius 1 is 1.69 bits per heavy atom. The third kappa shape index (κ3) is 1.53. The molecule has 2 rings (SSSR count). The standard InChI is InChI=1S/C9H12N4/c1-7-6-8(2-3-9(7)10)13-5-4-11-12-13/h2-7,9H,10H2,1H3/i7D. The monoisotopic (exact) mass is 177 g/mol. The first-order chi connectivity index (χ1) is 6.59. The summed E-state index contributed by atoms with van der Waals surface area (Å²) in [7, 11) is 0. The lowest BCUT2D eigenvalue weighted by Gasteiger charge is -2.18. The van der Waals surface area contributed by atoms with Gasteiger partial charge in [0.2, 0.25) is 0 Å². The molecule has 0 saturated carbocycles. The van der Waals surface area contributed by atoms with Gasteiger partial charge in [-0.25, -0.2) is 4.68 Å². The van der Waals surface area contributed by atoms with E-state index in [0.717, 1.165) is 5.70 Å². The number of allylic oxidation sites excluding steroid dienone is 2. The van der Waals surface area contributed by atoms with Crippen LogP contribution in [0.1, 0.15) is 8.29 Å². The summed E-state index contributed by atoms with van der Waals surface area (Å²) in [6, 6.07) is -0.269. The van der Waals surface area contributed by atoms with Crippen molar-refractivity contribution in [3.05, 3.63) is 30.6 Å². The topological polar surface area (TPSA) is 56.7 Å². The molecule has 1 heterocycles. The summed E-state index contributed by atoms with van der Waals surface area (Å²) in [6.45, 7) is 1.78. The van der Waals surface area contributed by atoms with Gasteiger partial charge in [0, 0.05) is 7.41 Å². The van der Waals surface area contributed by atoms with Crippen molar-refractivity contribution < 1.29 is 1.37 Å². The van der Waals surface area contributed by atoms with Crippen LogP contribution in [0.25, 0.3) is 5.70 Å². The molecule has 13 heavy (non-hydrogen) atoms. The Morgan fingerprint density at radius 2 is 2.54 bits per heavy atom. The maximum absolute atomic E-state index is 7.95. The van der Waals surface area contributed by atoms with Crippen molar-refractivity contribution in [1.82, 2.24) is 15.0 Å². The average Bonchev–Trinajstić information content (AvgIpc) is 2.62. The number of nitrogens with two attached hydrogens (primary N) is 1. The summed E-state index contributed by atoms with van der Waals surface area (Å²) in [5.74, 6) is -0.782. The van der Waals surface area contributed by atoms with E-state index in [1.807, 2.05) is 12.2 Å². The molecule has 2 N–H and O–H groups in total. The van der Waals surface area contributed by atoms with E-state index in [0.29, 0.717) is 0 Å². The zero-order valence-corrected chi connectivity index (χ0v) is 7.38. The Kier molecular flexibility index (Phi) is 1.70. The molecule has 1 aliphatic rings. The van der Waals surface area contributed by atoms with E-state index >= 15 is 0 Å². The number of hydrogen-bond acceptors (Lipinski definition) is 3. The highest BCUT2D eigenvalue weighted by Gasteiger charge is 2.13. The molecule has 4 heteroatoms. The van der Waals surface area contributed by atoms with E-state index in [4.69, 9.17) is 7.10 Å². The zero-order valence-electron chi connectivity index (χ0n) is 8.38. The van der Waals surface area contributed by atoms with E-state index in [1.54, 1.807) is 30.1 Å². The molecule has 1 aliphatic carbocycles. The summed E-state index contributed by atoms with van der Waals surface area (Å²) in [4.78, 5) is 0. The first-order valence-electron chi connectivity index (χ1n) is 4.63. The first kappa shape index (κ1) is 7.03. The summed E-state index contributed by atoms with van der Waals surface area (Å²) < 4.78 is 9.57. The molecule has 0 spiro atoms. The summed E-state index contributed by atoms with van der Waals surface area (Å²) in [5, 5.41) is 7.56. The predicted molar refractivity (Wildman–Crippen MR) is 50.6 cm³/mol. The van der Waals surface area contributed by atoms with Gasteiger partial charge in [0.1, 0.15) is 0 Å². The third-order valence-electron chi connectivity index (χ3n) is 2.06. The second kappa shape index (κ2) is 3.14. The van der Waals surface area contributed by atoms with Gasteiger partial charge in [-0.15, -0.1) is 5.10 Å². The van der Waals surface area contributed by atoms with Crippen LogP contribution in [0, 0.1) is 5.89 Å². The molecular formula is C9H12N4. The molecule has 68 valence electrons. The van der Waals surface area contributed by atoms with Gasteiger partial charge >= 0.3 is 0 Å². The van der Waals surface area contributed by atoms with Gasteiger partial charge in [-0.3, -0.25) is 0 Å². The van der Waals surface area contributed by atoms with Crippen LogP contribution in [0.15, 0.2) is 30.6 Å². The van der Waals surface area contributed by atoms with Crippen LogP contribution in [-0.2, 0) is 0 Å². The molecule has 2 atom stereocenters. The van der Waals surface area contributed by atoms with Crippen molar-refractivity contribution in [2.24, 2.45) is 11.6 Å². The molecule has 2 unspecified atom stereocenters. The Balaban J connectivity index is 2.36. The van der Waals surface area contributed by atoms with Gasteiger partial charge < -0.3 is 5.73 Å². The van der Waals surface area contributed by atoms with Gasteiger partial charge in [-0.1, -0.05) is 24.3 Å². The zero-order chi connectivity index (χ0) is 10.2. The van der Waals surface area contributed by atoms with Crippen molar-refractivity contribution >= 4 is 5.70 Å². The second-order valence-electron chi connectivity index (χ2n) is 3.05. The van der Waals surface area contributed by atoms with Gasteiger partial charge in [0.25, 0.3) is 0 Å². The fourth-order valence-electron chi connectivity index (χ4n) is 1.22. The maximum Gasteiger partial charge on any atom is 0.0697 e. The number of nitrogens with zero attached hydrogens (tertiary/aromatic N) is 3. The highest BCUT2D eigenvalue weighted by Crippen LogP contribution is 2.17. The minimum Gasteiger partial charge on any atom is -0.324 e. The molecule has 4 nitrogen and oxygen atoms in total. The highest BCUT2D eigenvalue weighted by atomic mass is 15.4. The maximum atomic E-state index is 7.95. The lowest BCUT2D eigenvalue weighted by molar-refractivity contribution is 0.620. The lowest BCUT2D eigenvalue weighted by Crippen LogP contribution is -2.26. The molecule has 0 amide bonds. The Morgan fingerprint density at radius 3 is 3.15 bits per heavy atom. The Hall–Kier alpha value is -1.42. The SMILES string of the molecule is [2H]C1(C)C=C(n2ccnn2)C=CC1N. The highest BCUT2D eigenvalue weighted by molar-refractivity contribution is 5.58. The molecule has 0 bridgehead atoms. The molecule has 1 aromatic heterocycles. The van der Waals surface area contributed by atoms with Crippen LogP contribution < -0.4 is 5.73 Å². The van der Waals surface area contributed by atoms with Crippen molar-refractivity contribution in [1.29, 1.82) is 0 Å². The molecule has 0 radical (unpaired) electrons. The quantitative estimate of drug-likeness (QED) is 0.685. The second-order valence-corrected chi connectivity index (χ2v) is 3.05. The smallest absolute Gasteiger partial charge is 0.0697 e. The number of aromatic nitrogens is 3. The predicted octanol–water partition coefficient (Wildman–Crippen LogP) is 0.652. The molecule has 0 aliphatic heterocycles. The Labute approximate surface area is 78.1 Å². The van der Waals surface area contributed by atoms with Crippen LogP contribution >= 0.6 is 0 Å². The van der Waals surface area contributed by atoms with Crippen LogP contribution in [0.2, 0.25) is 0 Å². The fraction of sp³-hybridized carbons (Fsp3) is 0.333.